The topological polar surface area (TPSA) is 0 Å². The molecule has 0 heterocycles. The van der Waals surface area contributed by atoms with Crippen molar-refractivity contribution in [1.82, 2.24) is 0 Å². The summed E-state index contributed by atoms with van der Waals surface area (Å²) < 4.78 is 25.9. The number of hydrogen-bond donors (Lipinski definition) is 0. The lowest BCUT2D eigenvalue weighted by molar-refractivity contribution is 0.559. The van der Waals surface area contributed by atoms with Gasteiger partial charge in [0.25, 0.3) is 0 Å². The first kappa shape index (κ1) is 8.90. The van der Waals surface area contributed by atoms with Crippen molar-refractivity contribution in [2.45, 2.75) is 13.8 Å². The Morgan fingerprint density at radius 3 is 1.82 bits per heavy atom. The molecule has 0 radical (unpaired) electrons. The summed E-state index contributed by atoms with van der Waals surface area (Å²) in [6.45, 7) is 3.26. The summed E-state index contributed by atoms with van der Waals surface area (Å²) in [5, 5.41) is 0. The largest absolute Gasteiger partial charge is 0.205 e. The molecule has 0 nitrogen and oxygen atoms in total. The highest BCUT2D eigenvalue weighted by Gasteiger charge is 2.10. The maximum absolute atomic E-state index is 12.9. The van der Waals surface area contributed by atoms with Crippen LogP contribution in [0.4, 0.5) is 8.78 Å². The van der Waals surface area contributed by atoms with Gasteiger partial charge in [-0.2, -0.15) is 0 Å². The highest BCUT2D eigenvalue weighted by Crippen LogP contribution is 2.21. The molecule has 0 atom stereocenters. The summed E-state index contributed by atoms with van der Waals surface area (Å²) in [6.07, 6.45) is 0. The van der Waals surface area contributed by atoms with Gasteiger partial charge >= 0.3 is 0 Å². The monoisotopic (exact) mass is 268 g/mol. The van der Waals surface area contributed by atoms with Crippen molar-refractivity contribution < 1.29 is 8.78 Å². The van der Waals surface area contributed by atoms with E-state index in [0.29, 0.717) is 11.1 Å². The normalized spacial score (nSPS) is 10.3. The van der Waals surface area contributed by atoms with Gasteiger partial charge in [0, 0.05) is 0 Å². The van der Waals surface area contributed by atoms with Crippen LogP contribution in [0.2, 0.25) is 0 Å². The third-order valence-corrected chi connectivity index (χ3v) is 2.46. The van der Waals surface area contributed by atoms with E-state index < -0.39 is 11.6 Å². The number of halogens is 3. The lowest BCUT2D eigenvalue weighted by Gasteiger charge is -2.03. The van der Waals surface area contributed by atoms with Crippen molar-refractivity contribution in [3.63, 3.8) is 0 Å². The molecule has 0 amide bonds. The Hall–Kier alpha value is -0.190. The van der Waals surface area contributed by atoms with Crippen LogP contribution in [0.1, 0.15) is 11.1 Å². The molecule has 0 aliphatic heterocycles. The number of aryl methyl sites for hydroxylation is 2. The zero-order valence-corrected chi connectivity index (χ0v) is 8.37. The van der Waals surface area contributed by atoms with E-state index in [1.165, 1.54) is 6.07 Å². The lowest BCUT2D eigenvalue weighted by atomic mass is 10.1. The first-order chi connectivity index (χ1) is 5.04. The molecule has 0 aliphatic carbocycles. The number of hydrogen-bond acceptors (Lipinski definition) is 0. The van der Waals surface area contributed by atoms with Gasteiger partial charge < -0.3 is 0 Å². The van der Waals surface area contributed by atoms with E-state index in [2.05, 4.69) is 0 Å². The van der Waals surface area contributed by atoms with Gasteiger partial charge in [-0.3, -0.25) is 0 Å². The van der Waals surface area contributed by atoms with Gasteiger partial charge in [0.1, 0.15) is 11.6 Å². The van der Waals surface area contributed by atoms with Crippen molar-refractivity contribution in [2.24, 2.45) is 0 Å². The summed E-state index contributed by atoms with van der Waals surface area (Å²) in [4.78, 5) is 0. The maximum atomic E-state index is 12.9. The molecule has 0 aliphatic rings. The highest BCUT2D eigenvalue weighted by molar-refractivity contribution is 14.1. The van der Waals surface area contributed by atoms with E-state index in [1.54, 1.807) is 36.4 Å². The zero-order chi connectivity index (χ0) is 8.59. The van der Waals surface area contributed by atoms with E-state index in [-0.39, 0.29) is 3.57 Å². The van der Waals surface area contributed by atoms with E-state index in [1.807, 2.05) is 0 Å². The summed E-state index contributed by atoms with van der Waals surface area (Å²) in [5.74, 6) is -0.901. The Morgan fingerprint density at radius 2 is 1.45 bits per heavy atom. The summed E-state index contributed by atoms with van der Waals surface area (Å²) >= 11 is 1.67. The average molecular weight is 268 g/mol. The van der Waals surface area contributed by atoms with Crippen molar-refractivity contribution in [3.8, 4) is 0 Å². The molecule has 0 aromatic heterocycles. The van der Waals surface area contributed by atoms with Crippen LogP contribution in [0.15, 0.2) is 6.07 Å². The predicted molar refractivity (Wildman–Crippen MR) is 48.5 cm³/mol. The molecule has 60 valence electrons. The molecule has 0 unspecified atom stereocenters. The molecule has 0 bridgehead atoms. The molecular formula is C8H7F2I. The van der Waals surface area contributed by atoms with Crippen LogP contribution in [-0.4, -0.2) is 0 Å². The molecule has 0 saturated carbocycles. The first-order valence-electron chi connectivity index (χ1n) is 3.14. The van der Waals surface area contributed by atoms with Crippen LogP contribution < -0.4 is 0 Å². The van der Waals surface area contributed by atoms with Crippen molar-refractivity contribution in [3.05, 3.63) is 32.4 Å². The second kappa shape index (κ2) is 3.05. The SMILES string of the molecule is Cc1cc(C)c(F)c(I)c1F. The van der Waals surface area contributed by atoms with E-state index in [4.69, 9.17) is 0 Å². The van der Waals surface area contributed by atoms with E-state index >= 15 is 0 Å². The maximum Gasteiger partial charge on any atom is 0.142 e. The van der Waals surface area contributed by atoms with Crippen LogP contribution in [0, 0.1) is 29.1 Å². The standard InChI is InChI=1S/C8H7F2I/c1-4-3-5(2)7(10)8(11)6(4)9/h3H,1-2H3. The fourth-order valence-electron chi connectivity index (χ4n) is 0.894. The third-order valence-electron chi connectivity index (χ3n) is 1.51. The van der Waals surface area contributed by atoms with Gasteiger partial charge in [0.15, 0.2) is 0 Å². The quantitative estimate of drug-likeness (QED) is 0.500. The van der Waals surface area contributed by atoms with Gasteiger partial charge in [0.2, 0.25) is 0 Å². The Labute approximate surface area is 77.8 Å². The fourth-order valence-corrected chi connectivity index (χ4v) is 1.74. The van der Waals surface area contributed by atoms with Crippen molar-refractivity contribution in [2.75, 3.05) is 0 Å². The first-order valence-corrected chi connectivity index (χ1v) is 4.22. The minimum Gasteiger partial charge on any atom is -0.205 e. The number of rotatable bonds is 0. The van der Waals surface area contributed by atoms with Crippen LogP contribution in [0.5, 0.6) is 0 Å². The van der Waals surface area contributed by atoms with Gasteiger partial charge in [0.05, 0.1) is 3.57 Å². The fraction of sp³-hybridized carbons (Fsp3) is 0.250. The average Bonchev–Trinajstić information content (AvgIpc) is 1.97. The molecule has 0 spiro atoms. The van der Waals surface area contributed by atoms with Crippen LogP contribution >= 0.6 is 22.6 Å². The third kappa shape index (κ3) is 1.52. The number of benzene rings is 1. The van der Waals surface area contributed by atoms with Crippen molar-refractivity contribution in [1.29, 1.82) is 0 Å². The molecule has 0 saturated heterocycles. The Kier molecular flexibility index (Phi) is 2.47. The smallest absolute Gasteiger partial charge is 0.142 e. The predicted octanol–water partition coefficient (Wildman–Crippen LogP) is 3.19. The van der Waals surface area contributed by atoms with Gasteiger partial charge in [-0.15, -0.1) is 0 Å². The summed E-state index contributed by atoms with van der Waals surface area (Å²) in [7, 11) is 0. The minimum absolute atomic E-state index is 0.0834. The van der Waals surface area contributed by atoms with Gasteiger partial charge in [-0.05, 0) is 47.6 Å². The molecule has 1 aromatic carbocycles. The molecule has 11 heavy (non-hydrogen) atoms. The molecule has 1 rings (SSSR count). The Bertz CT molecular complexity index is 268. The molecule has 0 N–H and O–H groups in total. The summed E-state index contributed by atoms with van der Waals surface area (Å²) in [6, 6.07) is 1.51. The summed E-state index contributed by atoms with van der Waals surface area (Å²) in [5.41, 5.74) is 0.988. The van der Waals surface area contributed by atoms with E-state index in [9.17, 15) is 8.78 Å². The Morgan fingerprint density at radius 1 is 1.09 bits per heavy atom. The lowest BCUT2D eigenvalue weighted by Crippen LogP contribution is -1.95. The van der Waals surface area contributed by atoms with Gasteiger partial charge in [-0.25, -0.2) is 8.78 Å². The van der Waals surface area contributed by atoms with Crippen LogP contribution in [0.25, 0.3) is 0 Å². The Balaban J connectivity index is 3.46. The minimum atomic E-state index is -0.450. The van der Waals surface area contributed by atoms with Crippen LogP contribution in [-0.2, 0) is 0 Å². The van der Waals surface area contributed by atoms with Crippen LogP contribution in [0.3, 0.4) is 0 Å². The second-order valence-electron chi connectivity index (χ2n) is 2.45. The van der Waals surface area contributed by atoms with Gasteiger partial charge in [-0.1, -0.05) is 6.07 Å². The zero-order valence-electron chi connectivity index (χ0n) is 6.21. The highest BCUT2D eigenvalue weighted by atomic mass is 127. The van der Waals surface area contributed by atoms with E-state index in [0.717, 1.165) is 0 Å². The van der Waals surface area contributed by atoms with Crippen molar-refractivity contribution >= 4 is 22.6 Å². The molecular weight excluding hydrogens is 261 g/mol. The second-order valence-corrected chi connectivity index (χ2v) is 3.53. The molecule has 0 fully saturated rings. The molecule has 1 aromatic rings. The molecule has 3 heteroatoms.